The number of carboxylic acid groups (broad SMARTS) is 1. The van der Waals surface area contributed by atoms with Gasteiger partial charge in [0.25, 0.3) is 0 Å². The summed E-state index contributed by atoms with van der Waals surface area (Å²) in [4.78, 5) is 16.6. The number of H-pyrrole nitrogens is 1. The first-order valence-corrected chi connectivity index (χ1v) is 4.60. The van der Waals surface area contributed by atoms with Crippen LogP contribution in [0.2, 0.25) is 5.02 Å². The fraction of sp³-hybridized carbons (Fsp3) is 0.111. The summed E-state index contributed by atoms with van der Waals surface area (Å²) in [5, 5.41) is 8.13. The Morgan fingerprint density at radius 3 is 2.81 bits per heavy atom. The van der Waals surface area contributed by atoms with E-state index in [2.05, 4.69) is 9.97 Å². The molecular weight excluding hydrogens is 242 g/mol. The highest BCUT2D eigenvalue weighted by Crippen LogP contribution is 2.25. The normalized spacial score (nSPS) is 10.9. The van der Waals surface area contributed by atoms with E-state index in [0.717, 1.165) is 6.07 Å². The fourth-order valence-electron chi connectivity index (χ4n) is 1.33. The zero-order valence-corrected chi connectivity index (χ0v) is 8.48. The topological polar surface area (TPSA) is 66.0 Å². The average Bonchev–Trinajstić information content (AvgIpc) is 2.56. The molecule has 0 aliphatic carbocycles. The number of hydrogen-bond acceptors (Lipinski definition) is 2. The zero-order chi connectivity index (χ0) is 11.9. The van der Waals surface area contributed by atoms with Crippen LogP contribution in [-0.2, 0) is 11.2 Å². The van der Waals surface area contributed by atoms with Crippen LogP contribution in [0.1, 0.15) is 5.82 Å². The van der Waals surface area contributed by atoms with Crippen molar-refractivity contribution in [3.63, 3.8) is 0 Å². The smallest absolute Gasteiger partial charge is 0.311 e. The van der Waals surface area contributed by atoms with Crippen LogP contribution in [0.4, 0.5) is 8.78 Å². The number of hydrogen-bond donors (Lipinski definition) is 2. The predicted octanol–water partition coefficient (Wildman–Crippen LogP) is 2.12. The SMILES string of the molecule is O=C(O)Cc1nc2cc(Cl)c(F)c(F)c2[nH]1. The lowest BCUT2D eigenvalue weighted by Gasteiger charge is -1.95. The maximum Gasteiger partial charge on any atom is 0.311 e. The Morgan fingerprint density at radius 1 is 1.50 bits per heavy atom. The van der Waals surface area contributed by atoms with Gasteiger partial charge in [0.2, 0.25) is 0 Å². The molecule has 0 radical (unpaired) electrons. The van der Waals surface area contributed by atoms with E-state index >= 15 is 0 Å². The molecule has 0 unspecified atom stereocenters. The maximum atomic E-state index is 13.3. The molecule has 0 bridgehead atoms. The van der Waals surface area contributed by atoms with E-state index in [1.807, 2.05) is 0 Å². The van der Waals surface area contributed by atoms with Crippen LogP contribution in [0.15, 0.2) is 6.07 Å². The van der Waals surface area contributed by atoms with Gasteiger partial charge in [-0.25, -0.2) is 13.8 Å². The molecular formula is C9H5ClF2N2O2. The molecule has 2 rings (SSSR count). The summed E-state index contributed by atoms with van der Waals surface area (Å²) in [7, 11) is 0. The Hall–Kier alpha value is -1.69. The Kier molecular flexibility index (Phi) is 2.51. The zero-order valence-electron chi connectivity index (χ0n) is 7.72. The van der Waals surface area contributed by atoms with Gasteiger partial charge in [-0.2, -0.15) is 0 Å². The summed E-state index contributed by atoms with van der Waals surface area (Å²) >= 11 is 5.42. The predicted molar refractivity (Wildman–Crippen MR) is 52.4 cm³/mol. The number of aromatic nitrogens is 2. The molecule has 0 spiro atoms. The summed E-state index contributed by atoms with van der Waals surface area (Å²) in [6, 6.07) is 1.14. The first-order chi connectivity index (χ1) is 7.49. The fourth-order valence-corrected chi connectivity index (χ4v) is 1.52. The number of imidazole rings is 1. The molecule has 84 valence electrons. The van der Waals surface area contributed by atoms with Crippen molar-refractivity contribution < 1.29 is 18.7 Å². The van der Waals surface area contributed by atoms with Crippen molar-refractivity contribution in [3.05, 3.63) is 28.5 Å². The molecule has 0 saturated carbocycles. The van der Waals surface area contributed by atoms with E-state index in [1.54, 1.807) is 0 Å². The number of nitrogens with zero attached hydrogens (tertiary/aromatic N) is 1. The van der Waals surface area contributed by atoms with Crippen molar-refractivity contribution in [2.75, 3.05) is 0 Å². The van der Waals surface area contributed by atoms with Crippen LogP contribution in [0.5, 0.6) is 0 Å². The summed E-state index contributed by atoms with van der Waals surface area (Å²) in [5.74, 6) is -3.42. The van der Waals surface area contributed by atoms with Crippen LogP contribution in [0.25, 0.3) is 11.0 Å². The molecule has 0 aliphatic heterocycles. The first-order valence-electron chi connectivity index (χ1n) is 4.23. The largest absolute Gasteiger partial charge is 0.481 e. The monoisotopic (exact) mass is 246 g/mol. The minimum atomic E-state index is -1.18. The van der Waals surface area contributed by atoms with Crippen molar-refractivity contribution in [1.29, 1.82) is 0 Å². The van der Waals surface area contributed by atoms with Crippen LogP contribution in [-0.4, -0.2) is 21.0 Å². The third-order valence-corrected chi connectivity index (χ3v) is 2.26. The van der Waals surface area contributed by atoms with Crippen LogP contribution in [0, 0.1) is 11.6 Å². The van der Waals surface area contributed by atoms with E-state index in [4.69, 9.17) is 16.7 Å². The van der Waals surface area contributed by atoms with E-state index in [1.165, 1.54) is 0 Å². The molecule has 0 fully saturated rings. The van der Waals surface area contributed by atoms with E-state index in [9.17, 15) is 13.6 Å². The third kappa shape index (κ3) is 1.71. The highest BCUT2D eigenvalue weighted by molar-refractivity contribution is 6.31. The van der Waals surface area contributed by atoms with Gasteiger partial charge >= 0.3 is 5.97 Å². The Bertz CT molecular complexity index is 582. The summed E-state index contributed by atoms with van der Waals surface area (Å²) in [6.07, 6.45) is -0.395. The summed E-state index contributed by atoms with van der Waals surface area (Å²) in [5.41, 5.74) is -0.0849. The van der Waals surface area contributed by atoms with Gasteiger partial charge in [-0.3, -0.25) is 4.79 Å². The highest BCUT2D eigenvalue weighted by atomic mass is 35.5. The van der Waals surface area contributed by atoms with Gasteiger partial charge in [0, 0.05) is 0 Å². The lowest BCUT2D eigenvalue weighted by Crippen LogP contribution is -2.01. The molecule has 16 heavy (non-hydrogen) atoms. The van der Waals surface area contributed by atoms with Gasteiger partial charge < -0.3 is 10.1 Å². The Morgan fingerprint density at radius 2 is 2.19 bits per heavy atom. The van der Waals surface area contributed by atoms with Crippen molar-refractivity contribution >= 4 is 28.6 Å². The molecule has 0 saturated heterocycles. The third-order valence-electron chi connectivity index (χ3n) is 1.98. The Labute approximate surface area is 92.9 Å². The molecule has 1 heterocycles. The summed E-state index contributed by atoms with van der Waals surface area (Å²) < 4.78 is 26.4. The molecule has 7 heteroatoms. The molecule has 4 nitrogen and oxygen atoms in total. The standard InChI is InChI=1S/C9H5ClF2N2O2/c10-3-1-4-9(8(12)7(3)11)14-5(13-4)2-6(15)16/h1H,2H2,(H,13,14)(H,15,16). The molecule has 0 atom stereocenters. The number of carboxylic acids is 1. The number of halogens is 3. The van der Waals surface area contributed by atoms with Gasteiger partial charge in [-0.15, -0.1) is 0 Å². The number of carbonyl (C=O) groups is 1. The Balaban J connectivity index is 2.62. The quantitative estimate of drug-likeness (QED) is 0.798. The van der Waals surface area contributed by atoms with Crippen molar-refractivity contribution in [3.8, 4) is 0 Å². The molecule has 1 aromatic carbocycles. The molecule has 2 aromatic rings. The van der Waals surface area contributed by atoms with Gasteiger partial charge in [0.05, 0.1) is 10.5 Å². The maximum absolute atomic E-state index is 13.3. The molecule has 2 N–H and O–H groups in total. The second-order valence-electron chi connectivity index (χ2n) is 3.13. The van der Waals surface area contributed by atoms with Crippen molar-refractivity contribution in [1.82, 2.24) is 9.97 Å². The average molecular weight is 247 g/mol. The first kappa shape index (κ1) is 10.8. The van der Waals surface area contributed by atoms with Crippen LogP contribution in [0.3, 0.4) is 0 Å². The van der Waals surface area contributed by atoms with Crippen molar-refractivity contribution in [2.24, 2.45) is 0 Å². The second kappa shape index (κ2) is 3.71. The van der Waals surface area contributed by atoms with Crippen LogP contribution < -0.4 is 0 Å². The van der Waals surface area contributed by atoms with Gasteiger partial charge in [0.1, 0.15) is 17.8 Å². The van der Waals surface area contributed by atoms with Crippen LogP contribution >= 0.6 is 11.6 Å². The molecule has 0 aliphatic rings. The molecule has 0 amide bonds. The van der Waals surface area contributed by atoms with Crippen molar-refractivity contribution in [2.45, 2.75) is 6.42 Å². The van der Waals surface area contributed by atoms with Gasteiger partial charge in [-0.05, 0) is 6.07 Å². The number of fused-ring (bicyclic) bond motifs is 1. The number of nitrogens with one attached hydrogen (secondary N) is 1. The van der Waals surface area contributed by atoms with Gasteiger partial charge in [-0.1, -0.05) is 11.6 Å². The highest BCUT2D eigenvalue weighted by Gasteiger charge is 2.16. The van der Waals surface area contributed by atoms with E-state index < -0.39 is 29.0 Å². The van der Waals surface area contributed by atoms with E-state index in [-0.39, 0.29) is 16.9 Å². The summed E-state index contributed by atoms with van der Waals surface area (Å²) in [6.45, 7) is 0. The number of rotatable bonds is 2. The number of aliphatic carboxylic acids is 1. The van der Waals surface area contributed by atoms with Gasteiger partial charge in [0.15, 0.2) is 11.6 Å². The van der Waals surface area contributed by atoms with E-state index in [0.29, 0.717) is 0 Å². The lowest BCUT2D eigenvalue weighted by atomic mass is 10.3. The lowest BCUT2D eigenvalue weighted by molar-refractivity contribution is -0.136. The minimum Gasteiger partial charge on any atom is -0.481 e. The minimum absolute atomic E-state index is 0.0445. The molecule has 1 aromatic heterocycles. The number of aromatic amines is 1. The second-order valence-corrected chi connectivity index (χ2v) is 3.54. The number of benzene rings is 1.